The average molecular weight is 383 g/mol. The molecular formula is C27H17N3. The predicted molar refractivity (Wildman–Crippen MR) is 122 cm³/mol. The number of aromatic nitrogens is 3. The largest absolute Gasteiger partial charge is 0.278 e. The van der Waals surface area contributed by atoms with Gasteiger partial charge in [-0.3, -0.25) is 4.57 Å². The van der Waals surface area contributed by atoms with E-state index in [2.05, 4.69) is 95.6 Å². The Balaban J connectivity index is 1.60. The first-order valence-corrected chi connectivity index (χ1v) is 10.2. The van der Waals surface area contributed by atoms with Crippen molar-refractivity contribution in [2.24, 2.45) is 0 Å². The zero-order valence-electron chi connectivity index (χ0n) is 16.2. The average Bonchev–Trinajstić information content (AvgIpc) is 3.14. The third kappa shape index (κ3) is 2.04. The topological polar surface area (TPSA) is 30.7 Å². The van der Waals surface area contributed by atoms with Crippen LogP contribution in [0.4, 0.5) is 0 Å². The molecule has 0 saturated carbocycles. The van der Waals surface area contributed by atoms with E-state index >= 15 is 0 Å². The number of rotatable bonds is 1. The summed E-state index contributed by atoms with van der Waals surface area (Å²) in [5.74, 6) is 0.742. The van der Waals surface area contributed by atoms with Crippen LogP contribution in [0.2, 0.25) is 0 Å². The van der Waals surface area contributed by atoms with Crippen LogP contribution < -0.4 is 0 Å². The van der Waals surface area contributed by atoms with E-state index in [4.69, 9.17) is 9.97 Å². The van der Waals surface area contributed by atoms with Crippen LogP contribution in [0.5, 0.6) is 0 Å². The molecule has 0 radical (unpaired) electrons. The van der Waals surface area contributed by atoms with Crippen molar-refractivity contribution in [3.8, 4) is 17.1 Å². The predicted octanol–water partition coefficient (Wildman–Crippen LogP) is 6.30. The fourth-order valence-corrected chi connectivity index (χ4v) is 4.95. The zero-order valence-corrected chi connectivity index (χ0v) is 16.2. The molecule has 3 nitrogen and oxygen atoms in total. The SMILES string of the molecule is c1ccc2c(c1)Cc1nc(-n3c4ccccc4c4ccccc43)nc3cccc-2c13. The van der Waals surface area contributed by atoms with Crippen molar-refractivity contribution >= 4 is 32.7 Å². The third-order valence-electron chi connectivity index (χ3n) is 6.23. The number of para-hydroxylation sites is 2. The van der Waals surface area contributed by atoms with Crippen LogP contribution in [0, 0.1) is 0 Å². The van der Waals surface area contributed by atoms with Gasteiger partial charge < -0.3 is 0 Å². The van der Waals surface area contributed by atoms with Gasteiger partial charge in [0, 0.05) is 22.6 Å². The molecule has 3 heteroatoms. The minimum Gasteiger partial charge on any atom is -0.278 e. The van der Waals surface area contributed by atoms with Gasteiger partial charge in [-0.1, -0.05) is 72.8 Å². The van der Waals surface area contributed by atoms with E-state index < -0.39 is 0 Å². The molecule has 0 aliphatic heterocycles. The van der Waals surface area contributed by atoms with Crippen LogP contribution in [0.3, 0.4) is 0 Å². The first-order valence-electron chi connectivity index (χ1n) is 10.2. The Morgan fingerprint density at radius 3 is 2.07 bits per heavy atom. The molecule has 0 amide bonds. The molecule has 0 atom stereocenters. The first-order chi connectivity index (χ1) is 14.9. The normalized spacial score (nSPS) is 12.5. The molecule has 140 valence electrons. The van der Waals surface area contributed by atoms with Crippen LogP contribution in [-0.4, -0.2) is 14.5 Å². The number of fused-ring (bicyclic) bond motifs is 5. The summed E-state index contributed by atoms with van der Waals surface area (Å²) >= 11 is 0. The summed E-state index contributed by atoms with van der Waals surface area (Å²) in [6.07, 6.45) is 0.830. The van der Waals surface area contributed by atoms with Crippen LogP contribution in [0.1, 0.15) is 11.3 Å². The van der Waals surface area contributed by atoms with Crippen molar-refractivity contribution in [1.29, 1.82) is 0 Å². The maximum absolute atomic E-state index is 5.12. The molecular weight excluding hydrogens is 366 g/mol. The lowest BCUT2D eigenvalue weighted by Crippen LogP contribution is -2.09. The van der Waals surface area contributed by atoms with Gasteiger partial charge in [-0.2, -0.15) is 0 Å². The molecule has 4 aromatic carbocycles. The Kier molecular flexibility index (Phi) is 3.06. The van der Waals surface area contributed by atoms with E-state index in [-0.39, 0.29) is 0 Å². The van der Waals surface area contributed by atoms with Gasteiger partial charge in [-0.15, -0.1) is 0 Å². The second kappa shape index (κ2) is 5.77. The Labute approximate surface area is 173 Å². The second-order valence-electron chi connectivity index (χ2n) is 7.87. The first kappa shape index (κ1) is 15.9. The van der Waals surface area contributed by atoms with Gasteiger partial charge in [0.2, 0.25) is 5.95 Å². The van der Waals surface area contributed by atoms with Gasteiger partial charge in [0.1, 0.15) is 0 Å². The summed E-state index contributed by atoms with van der Waals surface area (Å²) in [6.45, 7) is 0. The summed E-state index contributed by atoms with van der Waals surface area (Å²) in [6, 6.07) is 32.0. The van der Waals surface area contributed by atoms with Gasteiger partial charge in [-0.25, -0.2) is 9.97 Å². The van der Waals surface area contributed by atoms with E-state index in [1.807, 2.05) is 0 Å². The molecule has 2 heterocycles. The molecule has 30 heavy (non-hydrogen) atoms. The van der Waals surface area contributed by atoms with Crippen molar-refractivity contribution in [3.63, 3.8) is 0 Å². The minimum absolute atomic E-state index is 0.742. The monoisotopic (exact) mass is 383 g/mol. The molecule has 2 aromatic heterocycles. The highest BCUT2D eigenvalue weighted by molar-refractivity contribution is 6.09. The van der Waals surface area contributed by atoms with Crippen molar-refractivity contribution in [1.82, 2.24) is 14.5 Å². The highest BCUT2D eigenvalue weighted by Gasteiger charge is 2.22. The lowest BCUT2D eigenvalue weighted by molar-refractivity contribution is 0.960. The summed E-state index contributed by atoms with van der Waals surface area (Å²) in [5, 5.41) is 3.63. The number of hydrogen-bond acceptors (Lipinski definition) is 2. The Bertz CT molecular complexity index is 1570. The summed E-state index contributed by atoms with van der Waals surface area (Å²) in [4.78, 5) is 10.2. The van der Waals surface area contributed by atoms with E-state index in [0.717, 1.165) is 34.6 Å². The van der Waals surface area contributed by atoms with E-state index in [1.165, 1.54) is 32.8 Å². The molecule has 0 spiro atoms. The molecule has 6 aromatic rings. The number of benzene rings is 4. The Hall–Kier alpha value is -3.98. The zero-order chi connectivity index (χ0) is 19.7. The Morgan fingerprint density at radius 1 is 0.600 bits per heavy atom. The number of hydrogen-bond donors (Lipinski definition) is 0. The lowest BCUT2D eigenvalue weighted by Gasteiger charge is -2.20. The van der Waals surface area contributed by atoms with Gasteiger partial charge in [-0.05, 0) is 34.9 Å². The third-order valence-corrected chi connectivity index (χ3v) is 6.23. The minimum atomic E-state index is 0.742. The maximum Gasteiger partial charge on any atom is 0.235 e. The summed E-state index contributed by atoms with van der Waals surface area (Å²) < 4.78 is 2.20. The standard InChI is InChI=1S/C27H17N3/c1-2-9-18-17(8-1)16-23-26-21(18)12-7-13-22(26)28-27(29-23)30-24-14-5-3-10-19(24)20-11-4-6-15-25(20)30/h1-15H,16H2. The fraction of sp³-hybridized carbons (Fsp3) is 0.0370. The molecule has 0 bridgehead atoms. The van der Waals surface area contributed by atoms with Crippen molar-refractivity contribution < 1.29 is 0 Å². The van der Waals surface area contributed by atoms with E-state index in [9.17, 15) is 0 Å². The van der Waals surface area contributed by atoms with Crippen LogP contribution in [0.25, 0.3) is 49.8 Å². The maximum atomic E-state index is 5.12. The Morgan fingerprint density at radius 2 is 1.27 bits per heavy atom. The van der Waals surface area contributed by atoms with Crippen LogP contribution in [0.15, 0.2) is 91.0 Å². The molecule has 7 rings (SSSR count). The quantitative estimate of drug-likeness (QED) is 0.333. The molecule has 0 unspecified atom stereocenters. The molecule has 1 aliphatic carbocycles. The van der Waals surface area contributed by atoms with Crippen molar-refractivity contribution in [2.75, 3.05) is 0 Å². The molecule has 0 fully saturated rings. The highest BCUT2D eigenvalue weighted by atomic mass is 15.2. The summed E-state index contributed by atoms with van der Waals surface area (Å²) in [7, 11) is 0. The second-order valence-corrected chi connectivity index (χ2v) is 7.87. The van der Waals surface area contributed by atoms with Gasteiger partial charge >= 0.3 is 0 Å². The van der Waals surface area contributed by atoms with Gasteiger partial charge in [0.15, 0.2) is 0 Å². The lowest BCUT2D eigenvalue weighted by atomic mass is 9.87. The van der Waals surface area contributed by atoms with E-state index in [0.29, 0.717) is 0 Å². The highest BCUT2D eigenvalue weighted by Crippen LogP contribution is 2.39. The van der Waals surface area contributed by atoms with Crippen molar-refractivity contribution in [3.05, 3.63) is 102 Å². The van der Waals surface area contributed by atoms with E-state index in [1.54, 1.807) is 0 Å². The van der Waals surface area contributed by atoms with Crippen LogP contribution in [-0.2, 0) is 6.42 Å². The van der Waals surface area contributed by atoms with Gasteiger partial charge in [0.25, 0.3) is 0 Å². The van der Waals surface area contributed by atoms with Crippen molar-refractivity contribution in [2.45, 2.75) is 6.42 Å². The fourth-order valence-electron chi connectivity index (χ4n) is 4.95. The van der Waals surface area contributed by atoms with Gasteiger partial charge in [0.05, 0.1) is 22.2 Å². The summed E-state index contributed by atoms with van der Waals surface area (Å²) in [5.41, 5.74) is 8.23. The molecule has 0 N–H and O–H groups in total. The number of nitrogens with zero attached hydrogens (tertiary/aromatic N) is 3. The smallest absolute Gasteiger partial charge is 0.235 e. The molecule has 1 aliphatic rings. The molecule has 0 saturated heterocycles. The van der Waals surface area contributed by atoms with Crippen LogP contribution >= 0.6 is 0 Å².